The number of hydrogen-bond donors (Lipinski definition) is 2. The van der Waals surface area contributed by atoms with Crippen LogP contribution in [0.3, 0.4) is 0 Å². The lowest BCUT2D eigenvalue weighted by atomic mass is 10.0. The van der Waals surface area contributed by atoms with Gasteiger partial charge in [0.25, 0.3) is 0 Å². The van der Waals surface area contributed by atoms with Crippen LogP contribution < -0.4 is 10.6 Å². The zero-order chi connectivity index (χ0) is 14.7. The van der Waals surface area contributed by atoms with Crippen molar-refractivity contribution in [2.24, 2.45) is 0 Å². The van der Waals surface area contributed by atoms with Crippen molar-refractivity contribution < 1.29 is 19.0 Å². The van der Waals surface area contributed by atoms with E-state index in [9.17, 15) is 4.79 Å². The number of hydrogen-bond acceptors (Lipinski definition) is 5. The summed E-state index contributed by atoms with van der Waals surface area (Å²) in [6.45, 7) is 4.87. The van der Waals surface area contributed by atoms with Crippen molar-refractivity contribution >= 4 is 11.6 Å². The van der Waals surface area contributed by atoms with Crippen molar-refractivity contribution in [3.05, 3.63) is 29.8 Å². The molecule has 21 heavy (non-hydrogen) atoms. The number of carbonyl (C=O) groups excluding carboxylic acids is 1. The average molecular weight is 292 g/mol. The lowest BCUT2D eigenvalue weighted by Gasteiger charge is -2.38. The molecular formula is C15H20N2O4. The highest BCUT2D eigenvalue weighted by Crippen LogP contribution is 2.24. The van der Waals surface area contributed by atoms with Crippen LogP contribution in [0, 0.1) is 0 Å². The molecule has 1 aromatic carbocycles. The summed E-state index contributed by atoms with van der Waals surface area (Å²) in [5.41, 5.74) is 1.48. The Morgan fingerprint density at radius 3 is 2.57 bits per heavy atom. The fourth-order valence-corrected chi connectivity index (χ4v) is 2.29. The highest BCUT2D eigenvalue weighted by Gasteiger charge is 2.33. The fraction of sp³-hybridized carbons (Fsp3) is 0.533. The molecule has 3 rings (SSSR count). The van der Waals surface area contributed by atoms with Gasteiger partial charge in [-0.2, -0.15) is 0 Å². The van der Waals surface area contributed by atoms with Crippen molar-refractivity contribution in [2.75, 3.05) is 38.2 Å². The normalized spacial score (nSPS) is 21.0. The molecule has 6 nitrogen and oxygen atoms in total. The third-order valence-corrected chi connectivity index (χ3v) is 3.64. The Bertz CT molecular complexity index is 493. The van der Waals surface area contributed by atoms with E-state index >= 15 is 0 Å². The summed E-state index contributed by atoms with van der Waals surface area (Å²) in [5.74, 6) is -0.149. The van der Waals surface area contributed by atoms with E-state index in [1.807, 2.05) is 31.2 Å². The molecule has 0 bridgehead atoms. The minimum Gasteiger partial charge on any atom is -0.363 e. The van der Waals surface area contributed by atoms with Gasteiger partial charge >= 0.3 is 0 Å². The lowest BCUT2D eigenvalue weighted by molar-refractivity contribution is -0.130. The first-order valence-electron chi connectivity index (χ1n) is 7.12. The molecule has 114 valence electrons. The number of amides is 1. The fourth-order valence-electron chi connectivity index (χ4n) is 2.29. The van der Waals surface area contributed by atoms with Crippen molar-refractivity contribution in [3.63, 3.8) is 0 Å². The summed E-state index contributed by atoms with van der Waals surface area (Å²) >= 11 is 0. The van der Waals surface area contributed by atoms with Crippen LogP contribution in [0.5, 0.6) is 0 Å². The topological polar surface area (TPSA) is 68.8 Å². The predicted molar refractivity (Wildman–Crippen MR) is 76.9 cm³/mol. The average Bonchev–Trinajstić information content (AvgIpc) is 2.98. The Hall–Kier alpha value is -1.47. The van der Waals surface area contributed by atoms with E-state index < -0.39 is 0 Å². The van der Waals surface area contributed by atoms with Gasteiger partial charge in [0.1, 0.15) is 6.61 Å². The Labute approximate surface area is 123 Å². The SMILES string of the molecule is CC1(OCC(=O)Nc2ccc(C3OCCO3)cc2)CNC1. The standard InChI is InChI=1S/C15H20N2O4/c1-15(9-16-10-15)21-8-13(18)17-12-4-2-11(3-5-12)14-19-6-7-20-14/h2-5,14,16H,6-10H2,1H3,(H,17,18). The summed E-state index contributed by atoms with van der Waals surface area (Å²) in [4.78, 5) is 11.8. The molecule has 6 heteroatoms. The second-order valence-corrected chi connectivity index (χ2v) is 5.59. The maximum Gasteiger partial charge on any atom is 0.250 e. The Morgan fingerprint density at radius 1 is 1.33 bits per heavy atom. The molecule has 2 heterocycles. The van der Waals surface area contributed by atoms with Gasteiger partial charge in [0.2, 0.25) is 5.91 Å². The molecule has 2 N–H and O–H groups in total. The van der Waals surface area contributed by atoms with Gasteiger partial charge in [0.05, 0.1) is 18.8 Å². The highest BCUT2D eigenvalue weighted by atomic mass is 16.7. The smallest absolute Gasteiger partial charge is 0.250 e. The molecule has 0 aliphatic carbocycles. The summed E-state index contributed by atoms with van der Waals surface area (Å²) in [6, 6.07) is 7.46. The van der Waals surface area contributed by atoms with Crippen LogP contribution in [0.15, 0.2) is 24.3 Å². The van der Waals surface area contributed by atoms with Crippen LogP contribution >= 0.6 is 0 Å². The zero-order valence-electron chi connectivity index (χ0n) is 12.1. The summed E-state index contributed by atoms with van der Waals surface area (Å²) in [7, 11) is 0. The number of rotatable bonds is 5. The number of nitrogens with one attached hydrogen (secondary N) is 2. The van der Waals surface area contributed by atoms with E-state index in [0.29, 0.717) is 13.2 Å². The van der Waals surface area contributed by atoms with Gasteiger partial charge in [-0.1, -0.05) is 12.1 Å². The molecule has 2 fully saturated rings. The van der Waals surface area contributed by atoms with E-state index in [4.69, 9.17) is 14.2 Å². The first kappa shape index (κ1) is 14.5. The Morgan fingerprint density at radius 2 is 2.00 bits per heavy atom. The Balaban J connectivity index is 1.48. The number of anilines is 1. The van der Waals surface area contributed by atoms with Gasteiger partial charge < -0.3 is 24.8 Å². The van der Waals surface area contributed by atoms with Crippen LogP contribution in [-0.4, -0.2) is 44.4 Å². The number of carbonyl (C=O) groups is 1. The molecule has 0 unspecified atom stereocenters. The largest absolute Gasteiger partial charge is 0.363 e. The van der Waals surface area contributed by atoms with Crippen molar-refractivity contribution in [1.29, 1.82) is 0 Å². The van der Waals surface area contributed by atoms with Crippen LogP contribution in [0.1, 0.15) is 18.8 Å². The molecule has 0 saturated carbocycles. The van der Waals surface area contributed by atoms with E-state index in [1.165, 1.54) is 0 Å². The van der Waals surface area contributed by atoms with E-state index in [1.54, 1.807) is 0 Å². The maximum atomic E-state index is 11.8. The summed E-state index contributed by atoms with van der Waals surface area (Å²) in [5, 5.41) is 5.94. The number of ether oxygens (including phenoxy) is 3. The van der Waals surface area contributed by atoms with Crippen LogP contribution in [0.25, 0.3) is 0 Å². The van der Waals surface area contributed by atoms with Gasteiger partial charge in [-0.15, -0.1) is 0 Å². The van der Waals surface area contributed by atoms with Crippen molar-refractivity contribution in [3.8, 4) is 0 Å². The molecule has 0 atom stereocenters. The van der Waals surface area contributed by atoms with Gasteiger partial charge in [-0.05, 0) is 19.1 Å². The molecule has 2 aliphatic heterocycles. The van der Waals surface area contributed by atoms with Crippen molar-refractivity contribution in [1.82, 2.24) is 5.32 Å². The van der Waals surface area contributed by atoms with E-state index in [0.717, 1.165) is 24.3 Å². The monoisotopic (exact) mass is 292 g/mol. The van der Waals surface area contributed by atoms with Crippen LogP contribution in [0.4, 0.5) is 5.69 Å². The second kappa shape index (κ2) is 6.11. The lowest BCUT2D eigenvalue weighted by Crippen LogP contribution is -2.59. The van der Waals surface area contributed by atoms with Crippen LogP contribution in [-0.2, 0) is 19.0 Å². The van der Waals surface area contributed by atoms with Gasteiger partial charge in [-0.25, -0.2) is 0 Å². The predicted octanol–water partition coefficient (Wildman–Crippen LogP) is 1.05. The highest BCUT2D eigenvalue weighted by molar-refractivity contribution is 5.91. The first-order valence-corrected chi connectivity index (χ1v) is 7.12. The first-order chi connectivity index (χ1) is 10.1. The molecule has 2 aliphatic rings. The minimum atomic E-state index is -0.288. The quantitative estimate of drug-likeness (QED) is 0.849. The molecule has 0 aromatic heterocycles. The van der Waals surface area contributed by atoms with E-state index in [2.05, 4.69) is 10.6 Å². The molecule has 1 aromatic rings. The maximum absolute atomic E-state index is 11.8. The zero-order valence-corrected chi connectivity index (χ0v) is 12.1. The molecular weight excluding hydrogens is 272 g/mol. The Kier molecular flexibility index (Phi) is 4.21. The molecule has 2 saturated heterocycles. The van der Waals surface area contributed by atoms with Crippen molar-refractivity contribution in [2.45, 2.75) is 18.8 Å². The summed E-state index contributed by atoms with van der Waals surface area (Å²) < 4.78 is 16.4. The molecule has 0 radical (unpaired) electrons. The van der Waals surface area contributed by atoms with Gasteiger partial charge in [-0.3, -0.25) is 4.79 Å². The van der Waals surface area contributed by atoms with Crippen LogP contribution in [0.2, 0.25) is 0 Å². The number of benzene rings is 1. The molecule has 1 amide bonds. The second-order valence-electron chi connectivity index (χ2n) is 5.59. The summed E-state index contributed by atoms with van der Waals surface area (Å²) in [6.07, 6.45) is -0.288. The van der Waals surface area contributed by atoms with E-state index in [-0.39, 0.29) is 24.4 Å². The third-order valence-electron chi connectivity index (χ3n) is 3.64. The third kappa shape index (κ3) is 3.59. The van der Waals surface area contributed by atoms with Gasteiger partial charge in [0, 0.05) is 24.3 Å². The minimum absolute atomic E-state index is 0.0643. The van der Waals surface area contributed by atoms with Gasteiger partial charge in [0.15, 0.2) is 6.29 Å². The molecule has 0 spiro atoms.